The third kappa shape index (κ3) is 3.82. The second-order valence-corrected chi connectivity index (χ2v) is 8.48. The summed E-state index contributed by atoms with van der Waals surface area (Å²) in [5.41, 5.74) is 1.66. The normalized spacial score (nSPS) is 15.3. The molecule has 0 bridgehead atoms. The molecular weight excluding hydrogens is 466 g/mol. The third-order valence-electron chi connectivity index (χ3n) is 4.87. The number of methoxy groups -OCH3 is 2. The highest BCUT2D eigenvalue weighted by Gasteiger charge is 2.35. The number of amides is 2. The Morgan fingerprint density at radius 1 is 1.00 bits per heavy atom. The maximum atomic E-state index is 13.0. The van der Waals surface area contributed by atoms with E-state index in [4.69, 9.17) is 9.47 Å². The van der Waals surface area contributed by atoms with E-state index < -0.39 is 0 Å². The predicted octanol–water partition coefficient (Wildman–Crippen LogP) is 5.86. The zero-order chi connectivity index (χ0) is 21.3. The van der Waals surface area contributed by atoms with Crippen molar-refractivity contribution in [3.05, 3.63) is 75.1 Å². The molecule has 7 heteroatoms. The second-order valence-electron chi connectivity index (χ2n) is 6.63. The fourth-order valence-corrected chi connectivity index (χ4v) is 4.62. The molecule has 3 aromatic carbocycles. The molecular formula is C23H18BrNO4S. The van der Waals surface area contributed by atoms with Crippen LogP contribution >= 0.6 is 27.7 Å². The van der Waals surface area contributed by atoms with Crippen molar-refractivity contribution in [1.82, 2.24) is 4.90 Å². The quantitative estimate of drug-likeness (QED) is 0.425. The number of benzene rings is 3. The topological polar surface area (TPSA) is 55.8 Å². The number of ether oxygens (including phenoxy) is 2. The highest BCUT2D eigenvalue weighted by Crippen LogP contribution is 2.38. The summed E-state index contributed by atoms with van der Waals surface area (Å²) in [6, 6.07) is 17.4. The summed E-state index contributed by atoms with van der Waals surface area (Å²) in [5.74, 6) is 0.812. The van der Waals surface area contributed by atoms with Gasteiger partial charge in [0.2, 0.25) is 0 Å². The van der Waals surface area contributed by atoms with Gasteiger partial charge >= 0.3 is 0 Å². The van der Waals surface area contributed by atoms with Crippen LogP contribution in [0.25, 0.3) is 16.8 Å². The Kier molecular flexibility index (Phi) is 5.83. The van der Waals surface area contributed by atoms with Crippen LogP contribution in [0.5, 0.6) is 11.5 Å². The summed E-state index contributed by atoms with van der Waals surface area (Å²) >= 11 is 4.43. The first-order chi connectivity index (χ1) is 14.5. The molecule has 152 valence electrons. The molecule has 0 spiro atoms. The van der Waals surface area contributed by atoms with Crippen molar-refractivity contribution in [2.75, 3.05) is 14.2 Å². The first kappa shape index (κ1) is 20.5. The molecule has 3 aromatic rings. The first-order valence-corrected chi connectivity index (χ1v) is 10.8. The van der Waals surface area contributed by atoms with Gasteiger partial charge in [-0.25, -0.2) is 0 Å². The molecule has 1 fully saturated rings. The molecule has 1 heterocycles. The minimum atomic E-state index is -0.306. The molecule has 2 amide bonds. The maximum Gasteiger partial charge on any atom is 0.293 e. The van der Waals surface area contributed by atoms with Crippen LogP contribution in [0.3, 0.4) is 0 Å². The molecule has 4 rings (SSSR count). The summed E-state index contributed by atoms with van der Waals surface area (Å²) in [4.78, 5) is 27.3. The molecule has 30 heavy (non-hydrogen) atoms. The first-order valence-electron chi connectivity index (χ1n) is 9.15. The van der Waals surface area contributed by atoms with E-state index in [0.29, 0.717) is 16.4 Å². The number of imide groups is 1. The smallest absolute Gasteiger partial charge is 0.293 e. The Morgan fingerprint density at radius 3 is 2.47 bits per heavy atom. The standard InChI is InChI=1S/C23H18BrNO4S/c1-28-19-10-16(18(24)12-20(19)29-2)11-21-22(26)25(23(27)30-21)13-15-8-5-7-14-6-3-4-9-17(14)15/h3-12H,13H2,1-2H3/b21-11-. The van der Waals surface area contributed by atoms with E-state index in [1.165, 1.54) is 4.90 Å². The zero-order valence-corrected chi connectivity index (χ0v) is 18.7. The van der Waals surface area contributed by atoms with E-state index in [1.54, 1.807) is 32.4 Å². The Bertz CT molecular complexity index is 1190. The van der Waals surface area contributed by atoms with Gasteiger partial charge in [0.1, 0.15) is 0 Å². The number of hydrogen-bond acceptors (Lipinski definition) is 5. The van der Waals surface area contributed by atoms with Crippen LogP contribution in [0.15, 0.2) is 64.0 Å². The van der Waals surface area contributed by atoms with E-state index in [1.807, 2.05) is 42.5 Å². The van der Waals surface area contributed by atoms with Crippen LogP contribution in [-0.2, 0) is 11.3 Å². The van der Waals surface area contributed by atoms with Gasteiger partial charge in [-0.3, -0.25) is 14.5 Å². The van der Waals surface area contributed by atoms with Crippen LogP contribution < -0.4 is 9.47 Å². The average molecular weight is 484 g/mol. The zero-order valence-electron chi connectivity index (χ0n) is 16.3. The number of carbonyl (C=O) groups excluding carboxylic acids is 2. The van der Waals surface area contributed by atoms with E-state index in [0.717, 1.165) is 38.1 Å². The lowest BCUT2D eigenvalue weighted by Gasteiger charge is -2.14. The molecule has 0 radical (unpaired) electrons. The van der Waals surface area contributed by atoms with Gasteiger partial charge in [0.25, 0.3) is 11.1 Å². The summed E-state index contributed by atoms with van der Waals surface area (Å²) in [6.45, 7) is 0.233. The molecule has 1 aliphatic rings. The van der Waals surface area contributed by atoms with Gasteiger partial charge in [-0.15, -0.1) is 0 Å². The van der Waals surface area contributed by atoms with Crippen LogP contribution in [0.4, 0.5) is 4.79 Å². The second kappa shape index (κ2) is 8.53. The van der Waals surface area contributed by atoms with Crippen molar-refractivity contribution in [3.63, 3.8) is 0 Å². The lowest BCUT2D eigenvalue weighted by Crippen LogP contribution is -2.27. The summed E-state index contributed by atoms with van der Waals surface area (Å²) in [5, 5.41) is 1.83. The van der Waals surface area contributed by atoms with Crippen LogP contribution in [0.2, 0.25) is 0 Å². The van der Waals surface area contributed by atoms with Gasteiger partial charge in [-0.1, -0.05) is 58.4 Å². The number of fused-ring (bicyclic) bond motifs is 1. The van der Waals surface area contributed by atoms with Crippen LogP contribution in [-0.4, -0.2) is 30.3 Å². The molecule has 0 aliphatic carbocycles. The summed E-state index contributed by atoms with van der Waals surface area (Å²) in [7, 11) is 3.11. The SMILES string of the molecule is COc1cc(Br)c(/C=C2\SC(=O)N(Cc3cccc4ccccc34)C2=O)cc1OC. The highest BCUT2D eigenvalue weighted by molar-refractivity contribution is 9.10. The van der Waals surface area contributed by atoms with Crippen molar-refractivity contribution in [2.45, 2.75) is 6.54 Å². The number of halogens is 1. The van der Waals surface area contributed by atoms with Gasteiger partial charge in [0.05, 0.1) is 25.7 Å². The lowest BCUT2D eigenvalue weighted by molar-refractivity contribution is -0.123. The van der Waals surface area contributed by atoms with E-state index in [-0.39, 0.29) is 17.7 Å². The summed E-state index contributed by atoms with van der Waals surface area (Å²) < 4.78 is 11.4. The highest BCUT2D eigenvalue weighted by atomic mass is 79.9. The largest absolute Gasteiger partial charge is 0.493 e. The minimum Gasteiger partial charge on any atom is -0.493 e. The number of carbonyl (C=O) groups is 2. The van der Waals surface area contributed by atoms with Crippen molar-refractivity contribution in [2.24, 2.45) is 0 Å². The number of rotatable bonds is 5. The maximum absolute atomic E-state index is 13.0. The lowest BCUT2D eigenvalue weighted by atomic mass is 10.0. The molecule has 1 saturated heterocycles. The van der Waals surface area contributed by atoms with Gasteiger partial charge in [-0.2, -0.15) is 0 Å². The van der Waals surface area contributed by atoms with E-state index in [9.17, 15) is 9.59 Å². The van der Waals surface area contributed by atoms with Gasteiger partial charge in [0, 0.05) is 4.47 Å². The number of hydrogen-bond donors (Lipinski definition) is 0. The van der Waals surface area contributed by atoms with Crippen molar-refractivity contribution < 1.29 is 19.1 Å². The van der Waals surface area contributed by atoms with E-state index in [2.05, 4.69) is 15.9 Å². The third-order valence-corrected chi connectivity index (χ3v) is 6.47. The fraction of sp³-hybridized carbons (Fsp3) is 0.130. The van der Waals surface area contributed by atoms with Gasteiger partial charge in [0.15, 0.2) is 11.5 Å². The molecule has 0 aromatic heterocycles. The van der Waals surface area contributed by atoms with Crippen molar-refractivity contribution in [1.29, 1.82) is 0 Å². The molecule has 5 nitrogen and oxygen atoms in total. The Hall–Kier alpha value is -2.77. The Balaban J connectivity index is 1.65. The van der Waals surface area contributed by atoms with Gasteiger partial charge < -0.3 is 9.47 Å². The van der Waals surface area contributed by atoms with Crippen molar-refractivity contribution >= 4 is 55.7 Å². The Morgan fingerprint density at radius 2 is 1.70 bits per heavy atom. The molecule has 0 N–H and O–H groups in total. The van der Waals surface area contributed by atoms with Crippen LogP contribution in [0.1, 0.15) is 11.1 Å². The van der Waals surface area contributed by atoms with Gasteiger partial charge in [-0.05, 0) is 51.9 Å². The fourth-order valence-electron chi connectivity index (χ4n) is 3.36. The molecule has 0 atom stereocenters. The number of nitrogens with zero attached hydrogens (tertiary/aromatic N) is 1. The molecule has 1 aliphatic heterocycles. The van der Waals surface area contributed by atoms with E-state index >= 15 is 0 Å². The summed E-state index contributed by atoms with van der Waals surface area (Å²) in [6.07, 6.45) is 1.69. The average Bonchev–Trinajstić information content (AvgIpc) is 3.02. The predicted molar refractivity (Wildman–Crippen MR) is 123 cm³/mol. The van der Waals surface area contributed by atoms with Crippen molar-refractivity contribution in [3.8, 4) is 11.5 Å². The molecule has 0 saturated carbocycles. The Labute approximate surface area is 186 Å². The monoisotopic (exact) mass is 483 g/mol. The molecule has 0 unspecified atom stereocenters. The number of thioether (sulfide) groups is 1. The van der Waals surface area contributed by atoms with Crippen LogP contribution in [0, 0.1) is 0 Å². The minimum absolute atomic E-state index is 0.233.